The van der Waals surface area contributed by atoms with E-state index in [2.05, 4.69) is 26.1 Å². The minimum atomic E-state index is 0.588. The Bertz CT molecular complexity index is 35.2. The standard InChI is InChI=1S/C6H14N/c1-4-6(3)7-5-2/h6-7H,1,4-5H2,2-3H3. The molecule has 1 heteroatoms. The van der Waals surface area contributed by atoms with Crippen molar-refractivity contribution >= 4 is 0 Å². The van der Waals surface area contributed by atoms with Crippen LogP contribution in [-0.4, -0.2) is 12.6 Å². The zero-order valence-electron chi connectivity index (χ0n) is 5.20. The van der Waals surface area contributed by atoms with E-state index in [1.807, 2.05) is 0 Å². The Morgan fingerprint density at radius 2 is 2.29 bits per heavy atom. The van der Waals surface area contributed by atoms with Crippen LogP contribution in [0.4, 0.5) is 0 Å². The molecule has 0 rings (SSSR count). The van der Waals surface area contributed by atoms with E-state index in [0.717, 1.165) is 13.0 Å². The summed E-state index contributed by atoms with van der Waals surface area (Å²) >= 11 is 0. The summed E-state index contributed by atoms with van der Waals surface area (Å²) in [7, 11) is 0. The summed E-state index contributed by atoms with van der Waals surface area (Å²) in [5.41, 5.74) is 0. The summed E-state index contributed by atoms with van der Waals surface area (Å²) in [6.45, 7) is 9.03. The van der Waals surface area contributed by atoms with Crippen LogP contribution in [0, 0.1) is 6.92 Å². The van der Waals surface area contributed by atoms with E-state index < -0.39 is 0 Å². The minimum absolute atomic E-state index is 0.588. The van der Waals surface area contributed by atoms with Crippen LogP contribution in [0.5, 0.6) is 0 Å². The molecular formula is C6H14N. The molecule has 0 saturated heterocycles. The number of nitrogens with one attached hydrogen (secondary N) is 1. The molecule has 0 aliphatic rings. The van der Waals surface area contributed by atoms with Gasteiger partial charge in [-0.3, -0.25) is 0 Å². The van der Waals surface area contributed by atoms with Gasteiger partial charge in [0.2, 0.25) is 0 Å². The first-order valence-corrected chi connectivity index (χ1v) is 2.83. The van der Waals surface area contributed by atoms with E-state index in [-0.39, 0.29) is 0 Å². The summed E-state index contributed by atoms with van der Waals surface area (Å²) in [4.78, 5) is 0. The molecule has 0 spiro atoms. The summed E-state index contributed by atoms with van der Waals surface area (Å²) in [5, 5.41) is 3.23. The molecule has 1 radical (unpaired) electrons. The van der Waals surface area contributed by atoms with Crippen molar-refractivity contribution < 1.29 is 0 Å². The molecule has 43 valence electrons. The molecule has 1 atom stereocenters. The highest BCUT2D eigenvalue weighted by Crippen LogP contribution is 1.83. The van der Waals surface area contributed by atoms with E-state index in [9.17, 15) is 0 Å². The van der Waals surface area contributed by atoms with Crippen molar-refractivity contribution in [2.45, 2.75) is 26.3 Å². The Kier molecular flexibility index (Phi) is 4.10. The lowest BCUT2D eigenvalue weighted by atomic mass is 10.3. The molecule has 0 aromatic carbocycles. The van der Waals surface area contributed by atoms with Crippen LogP contribution >= 0.6 is 0 Å². The van der Waals surface area contributed by atoms with Gasteiger partial charge in [0.05, 0.1) is 0 Å². The molecule has 0 aromatic heterocycles. The SMILES string of the molecule is [CH2]CC(C)NCC. The maximum Gasteiger partial charge on any atom is 0.00386 e. The normalized spacial score (nSPS) is 14.1. The Balaban J connectivity index is 2.83. The molecule has 1 unspecified atom stereocenters. The van der Waals surface area contributed by atoms with Crippen molar-refractivity contribution in [1.29, 1.82) is 0 Å². The summed E-state index contributed by atoms with van der Waals surface area (Å²) in [6.07, 6.45) is 0.980. The summed E-state index contributed by atoms with van der Waals surface area (Å²) < 4.78 is 0. The van der Waals surface area contributed by atoms with Gasteiger partial charge < -0.3 is 5.32 Å². The fourth-order valence-corrected chi connectivity index (χ4v) is 0.451. The Labute approximate surface area is 46.1 Å². The molecule has 0 saturated carbocycles. The van der Waals surface area contributed by atoms with Crippen molar-refractivity contribution in [2.75, 3.05) is 6.54 Å². The van der Waals surface area contributed by atoms with Crippen molar-refractivity contribution in [1.82, 2.24) is 5.32 Å². The lowest BCUT2D eigenvalue weighted by Gasteiger charge is -2.06. The molecule has 0 heterocycles. The van der Waals surface area contributed by atoms with Gasteiger partial charge in [0.25, 0.3) is 0 Å². The molecular weight excluding hydrogens is 86.1 g/mol. The second-order valence-electron chi connectivity index (χ2n) is 1.75. The van der Waals surface area contributed by atoms with Gasteiger partial charge in [0.1, 0.15) is 0 Å². The quantitative estimate of drug-likeness (QED) is 0.562. The van der Waals surface area contributed by atoms with Crippen LogP contribution in [-0.2, 0) is 0 Å². The summed E-state index contributed by atoms with van der Waals surface area (Å²) in [6, 6.07) is 0.588. The van der Waals surface area contributed by atoms with E-state index in [1.165, 1.54) is 0 Å². The summed E-state index contributed by atoms with van der Waals surface area (Å²) in [5.74, 6) is 0. The Hall–Kier alpha value is -0.0400. The molecule has 0 aromatic rings. The van der Waals surface area contributed by atoms with Gasteiger partial charge in [0, 0.05) is 6.04 Å². The molecule has 1 nitrogen and oxygen atoms in total. The third-order valence-corrected chi connectivity index (χ3v) is 0.986. The van der Waals surface area contributed by atoms with E-state index >= 15 is 0 Å². The Morgan fingerprint density at radius 1 is 1.71 bits per heavy atom. The van der Waals surface area contributed by atoms with E-state index in [1.54, 1.807) is 0 Å². The van der Waals surface area contributed by atoms with Gasteiger partial charge >= 0.3 is 0 Å². The lowest BCUT2D eigenvalue weighted by molar-refractivity contribution is 0.573. The highest BCUT2D eigenvalue weighted by Gasteiger charge is 1.90. The van der Waals surface area contributed by atoms with Gasteiger partial charge in [0.15, 0.2) is 0 Å². The monoisotopic (exact) mass is 100 g/mol. The second kappa shape index (κ2) is 4.13. The second-order valence-corrected chi connectivity index (χ2v) is 1.75. The molecule has 0 amide bonds. The van der Waals surface area contributed by atoms with Gasteiger partial charge in [-0.15, -0.1) is 0 Å². The van der Waals surface area contributed by atoms with Crippen LogP contribution in [0.1, 0.15) is 20.3 Å². The highest BCUT2D eigenvalue weighted by atomic mass is 14.9. The predicted octanol–water partition coefficient (Wildman–Crippen LogP) is 1.21. The molecule has 0 fully saturated rings. The smallest absolute Gasteiger partial charge is 0.00386 e. The maximum atomic E-state index is 3.74. The van der Waals surface area contributed by atoms with Gasteiger partial charge in [-0.2, -0.15) is 0 Å². The Morgan fingerprint density at radius 3 is 2.43 bits per heavy atom. The molecule has 0 aliphatic carbocycles. The number of hydrogen-bond acceptors (Lipinski definition) is 1. The molecule has 1 N–H and O–H groups in total. The largest absolute Gasteiger partial charge is 0.315 e. The van der Waals surface area contributed by atoms with Crippen LogP contribution in [0.25, 0.3) is 0 Å². The van der Waals surface area contributed by atoms with Gasteiger partial charge in [-0.05, 0) is 19.9 Å². The van der Waals surface area contributed by atoms with Crippen LogP contribution in [0.2, 0.25) is 0 Å². The fourth-order valence-electron chi connectivity index (χ4n) is 0.451. The number of hydrogen-bond donors (Lipinski definition) is 1. The van der Waals surface area contributed by atoms with E-state index in [4.69, 9.17) is 0 Å². The molecule has 7 heavy (non-hydrogen) atoms. The zero-order chi connectivity index (χ0) is 5.70. The van der Waals surface area contributed by atoms with Crippen molar-refractivity contribution in [3.63, 3.8) is 0 Å². The first kappa shape index (κ1) is 6.96. The van der Waals surface area contributed by atoms with Gasteiger partial charge in [-0.25, -0.2) is 0 Å². The predicted molar refractivity (Wildman–Crippen MR) is 33.1 cm³/mol. The third-order valence-electron chi connectivity index (χ3n) is 0.986. The highest BCUT2D eigenvalue weighted by molar-refractivity contribution is 4.58. The van der Waals surface area contributed by atoms with Crippen LogP contribution in [0.15, 0.2) is 0 Å². The third kappa shape index (κ3) is 3.80. The zero-order valence-corrected chi connectivity index (χ0v) is 5.20. The first-order valence-electron chi connectivity index (χ1n) is 2.83. The van der Waals surface area contributed by atoms with Crippen LogP contribution < -0.4 is 5.32 Å². The van der Waals surface area contributed by atoms with Crippen molar-refractivity contribution in [3.8, 4) is 0 Å². The maximum absolute atomic E-state index is 3.74. The lowest BCUT2D eigenvalue weighted by Crippen LogP contribution is -2.24. The minimum Gasteiger partial charge on any atom is -0.315 e. The van der Waals surface area contributed by atoms with Crippen molar-refractivity contribution in [2.24, 2.45) is 0 Å². The van der Waals surface area contributed by atoms with E-state index in [0.29, 0.717) is 6.04 Å². The first-order chi connectivity index (χ1) is 3.31. The number of rotatable bonds is 3. The average Bonchev–Trinajstić information content (AvgIpc) is 1.68. The van der Waals surface area contributed by atoms with Crippen LogP contribution in [0.3, 0.4) is 0 Å². The topological polar surface area (TPSA) is 12.0 Å². The molecule has 0 aliphatic heterocycles. The van der Waals surface area contributed by atoms with Gasteiger partial charge in [-0.1, -0.05) is 13.8 Å². The fraction of sp³-hybridized carbons (Fsp3) is 0.833. The van der Waals surface area contributed by atoms with Crippen molar-refractivity contribution in [3.05, 3.63) is 6.92 Å². The average molecular weight is 100 g/mol. The molecule has 0 bridgehead atoms.